The van der Waals surface area contributed by atoms with Crippen molar-refractivity contribution in [2.75, 3.05) is 6.61 Å². The molecule has 0 bridgehead atoms. The maximum Gasteiger partial charge on any atom is 0.114 e. The Balaban J connectivity index is 1.92. The minimum absolute atomic E-state index is 0.442. The molecule has 6 heteroatoms. The van der Waals surface area contributed by atoms with Gasteiger partial charge in [-0.1, -0.05) is 46.3 Å². The zero-order chi connectivity index (χ0) is 16.9. The third kappa shape index (κ3) is 4.11. The molecule has 0 spiro atoms. The molecule has 2 aromatic rings. The van der Waals surface area contributed by atoms with Crippen molar-refractivity contribution in [2.45, 2.75) is 26.3 Å². The highest BCUT2D eigenvalue weighted by Gasteiger charge is 2.19. The van der Waals surface area contributed by atoms with Gasteiger partial charge in [-0.2, -0.15) is 0 Å². The third-order valence-corrected chi connectivity index (χ3v) is 4.46. The molecule has 0 aliphatic heterocycles. The van der Waals surface area contributed by atoms with Crippen molar-refractivity contribution in [3.63, 3.8) is 0 Å². The molecule has 0 amide bonds. The predicted molar refractivity (Wildman–Crippen MR) is 96.5 cm³/mol. The Bertz CT molecular complexity index is 800. The number of hydrogen-bond acceptors (Lipinski definition) is 3. The maximum absolute atomic E-state index is 6.48. The minimum atomic E-state index is 0.442. The second-order valence-electron chi connectivity index (χ2n) is 5.52. The second-order valence-corrected chi connectivity index (χ2v) is 6.28. The number of oxime groups is 1. The van der Waals surface area contributed by atoms with Gasteiger partial charge in [-0.15, -0.1) is 0 Å². The van der Waals surface area contributed by atoms with E-state index < -0.39 is 0 Å². The normalized spacial score (nSPS) is 14.2. The number of imidazole rings is 1. The van der Waals surface area contributed by atoms with E-state index in [0.29, 0.717) is 34.8 Å². The molecule has 1 fully saturated rings. The first-order chi connectivity index (χ1) is 11.7. The first-order valence-electron chi connectivity index (χ1n) is 7.83. The SMILES string of the molecule is CCON=C(Cn1ccnc1)c1ccc(C#CC2CC2)c(Cl)c1Cl. The first kappa shape index (κ1) is 16.9. The van der Waals surface area contributed by atoms with E-state index in [-0.39, 0.29) is 0 Å². The van der Waals surface area contributed by atoms with Crippen LogP contribution in [0, 0.1) is 17.8 Å². The van der Waals surface area contributed by atoms with Crippen LogP contribution in [0.3, 0.4) is 0 Å². The summed E-state index contributed by atoms with van der Waals surface area (Å²) < 4.78 is 1.89. The van der Waals surface area contributed by atoms with Crippen LogP contribution >= 0.6 is 23.2 Å². The topological polar surface area (TPSA) is 39.4 Å². The fraction of sp³-hybridized carbons (Fsp3) is 0.333. The van der Waals surface area contributed by atoms with Crippen LogP contribution in [-0.2, 0) is 11.4 Å². The van der Waals surface area contributed by atoms with Crippen LogP contribution in [-0.4, -0.2) is 21.9 Å². The van der Waals surface area contributed by atoms with E-state index in [1.807, 2.05) is 29.8 Å². The average Bonchev–Trinajstić information content (AvgIpc) is 3.27. The second kappa shape index (κ2) is 7.74. The average molecular weight is 362 g/mol. The molecule has 1 aliphatic rings. The lowest BCUT2D eigenvalue weighted by atomic mass is 10.1. The van der Waals surface area contributed by atoms with Gasteiger partial charge in [0.15, 0.2) is 0 Å². The Kier molecular flexibility index (Phi) is 5.44. The summed E-state index contributed by atoms with van der Waals surface area (Å²) in [5.74, 6) is 6.83. The predicted octanol–water partition coefficient (Wildman–Crippen LogP) is 4.39. The summed E-state index contributed by atoms with van der Waals surface area (Å²) in [6.07, 6.45) is 7.63. The van der Waals surface area contributed by atoms with Crippen molar-refractivity contribution >= 4 is 28.9 Å². The summed E-state index contributed by atoms with van der Waals surface area (Å²) in [5.41, 5.74) is 2.17. The van der Waals surface area contributed by atoms with E-state index in [1.54, 1.807) is 12.5 Å². The van der Waals surface area contributed by atoms with E-state index in [9.17, 15) is 0 Å². The molecule has 1 saturated carbocycles. The van der Waals surface area contributed by atoms with Gasteiger partial charge < -0.3 is 9.40 Å². The van der Waals surface area contributed by atoms with E-state index in [1.165, 1.54) is 12.8 Å². The van der Waals surface area contributed by atoms with E-state index in [4.69, 9.17) is 28.0 Å². The first-order valence-corrected chi connectivity index (χ1v) is 8.59. The fourth-order valence-corrected chi connectivity index (χ4v) is 2.62. The van der Waals surface area contributed by atoms with Crippen LogP contribution < -0.4 is 0 Å². The summed E-state index contributed by atoms with van der Waals surface area (Å²) in [6.45, 7) is 2.84. The Hall–Kier alpha value is -1.96. The summed E-state index contributed by atoms with van der Waals surface area (Å²) >= 11 is 12.9. The summed E-state index contributed by atoms with van der Waals surface area (Å²) in [7, 11) is 0. The number of nitrogens with zero attached hydrogens (tertiary/aromatic N) is 3. The molecular weight excluding hydrogens is 345 g/mol. The third-order valence-electron chi connectivity index (χ3n) is 3.58. The van der Waals surface area contributed by atoms with Crippen LogP contribution in [0.15, 0.2) is 36.0 Å². The van der Waals surface area contributed by atoms with Crippen molar-refractivity contribution < 1.29 is 4.84 Å². The molecule has 3 rings (SSSR count). The summed E-state index contributed by atoms with van der Waals surface area (Å²) in [4.78, 5) is 9.28. The van der Waals surface area contributed by atoms with Crippen LogP contribution in [0.1, 0.15) is 30.9 Å². The van der Waals surface area contributed by atoms with Crippen LogP contribution in [0.25, 0.3) is 0 Å². The molecular formula is C18H17Cl2N3O. The maximum atomic E-state index is 6.48. The molecule has 124 valence electrons. The summed E-state index contributed by atoms with van der Waals surface area (Å²) in [6, 6.07) is 3.77. The number of halogens is 2. The van der Waals surface area contributed by atoms with Gasteiger partial charge in [-0.25, -0.2) is 4.98 Å². The van der Waals surface area contributed by atoms with Gasteiger partial charge >= 0.3 is 0 Å². The highest BCUT2D eigenvalue weighted by Crippen LogP contribution is 2.31. The van der Waals surface area contributed by atoms with E-state index in [2.05, 4.69) is 22.0 Å². The number of aromatic nitrogens is 2. The molecule has 4 nitrogen and oxygen atoms in total. The smallest absolute Gasteiger partial charge is 0.114 e. The van der Waals surface area contributed by atoms with Crippen LogP contribution in [0.2, 0.25) is 10.0 Å². The van der Waals surface area contributed by atoms with Crippen molar-refractivity contribution in [3.8, 4) is 11.8 Å². The molecule has 0 unspecified atom stereocenters. The lowest BCUT2D eigenvalue weighted by Gasteiger charge is -2.11. The van der Waals surface area contributed by atoms with Gasteiger partial charge in [0.05, 0.1) is 22.9 Å². The zero-order valence-electron chi connectivity index (χ0n) is 13.3. The van der Waals surface area contributed by atoms with Crippen molar-refractivity contribution in [1.29, 1.82) is 0 Å². The fourth-order valence-electron chi connectivity index (χ4n) is 2.14. The van der Waals surface area contributed by atoms with Gasteiger partial charge in [0.1, 0.15) is 12.3 Å². The standard InChI is InChI=1S/C18H17Cl2N3O/c1-2-24-22-16(11-23-10-9-21-12-23)15-8-7-14(17(19)18(15)20)6-5-13-3-4-13/h7-10,12-13H,2-4,11H2,1H3. The largest absolute Gasteiger partial charge is 0.396 e. The van der Waals surface area contributed by atoms with Crippen LogP contribution in [0.4, 0.5) is 0 Å². The molecule has 0 atom stereocenters. The Morgan fingerprint density at radius 2 is 2.21 bits per heavy atom. The van der Waals surface area contributed by atoms with Gasteiger partial charge in [-0.3, -0.25) is 0 Å². The number of benzene rings is 1. The Morgan fingerprint density at radius 3 is 2.88 bits per heavy atom. The van der Waals surface area contributed by atoms with E-state index in [0.717, 1.165) is 11.1 Å². The van der Waals surface area contributed by atoms with Crippen molar-refractivity contribution in [2.24, 2.45) is 11.1 Å². The van der Waals surface area contributed by atoms with Crippen molar-refractivity contribution in [1.82, 2.24) is 9.55 Å². The lowest BCUT2D eigenvalue weighted by molar-refractivity contribution is 0.158. The molecule has 1 heterocycles. The molecule has 24 heavy (non-hydrogen) atoms. The number of hydrogen-bond donors (Lipinski definition) is 0. The Morgan fingerprint density at radius 1 is 1.38 bits per heavy atom. The zero-order valence-corrected chi connectivity index (χ0v) is 14.8. The lowest BCUT2D eigenvalue weighted by Crippen LogP contribution is -2.12. The van der Waals surface area contributed by atoms with Gasteiger partial charge in [0.2, 0.25) is 0 Å². The highest BCUT2D eigenvalue weighted by molar-refractivity contribution is 6.44. The molecule has 1 aromatic carbocycles. The number of rotatable bonds is 5. The van der Waals surface area contributed by atoms with Crippen molar-refractivity contribution in [3.05, 3.63) is 52.0 Å². The molecule has 0 saturated heterocycles. The molecule has 1 aliphatic carbocycles. The summed E-state index contributed by atoms with van der Waals surface area (Å²) in [5, 5.41) is 5.09. The minimum Gasteiger partial charge on any atom is -0.396 e. The van der Waals surface area contributed by atoms with Gasteiger partial charge in [0.25, 0.3) is 0 Å². The molecule has 0 N–H and O–H groups in total. The molecule has 1 aromatic heterocycles. The quantitative estimate of drug-likeness (QED) is 0.450. The monoisotopic (exact) mass is 361 g/mol. The van der Waals surface area contributed by atoms with Gasteiger partial charge in [0, 0.05) is 29.4 Å². The molecule has 0 radical (unpaired) electrons. The van der Waals surface area contributed by atoms with Gasteiger partial charge in [-0.05, 0) is 25.8 Å². The van der Waals surface area contributed by atoms with E-state index >= 15 is 0 Å². The van der Waals surface area contributed by atoms with Crippen LogP contribution in [0.5, 0.6) is 0 Å². The Labute approximate surface area is 151 Å². The highest BCUT2D eigenvalue weighted by atomic mass is 35.5.